The standard InChI is InChI=1S/C16H26N2/c1-13-6-3-4-9-15(13)16(17)10-11-18(2)12-14-7-5-8-14/h3-4,6,9,14,16H,5,7-8,10-12,17H2,1-2H3. The monoisotopic (exact) mass is 246 g/mol. The first kappa shape index (κ1) is 13.6. The fourth-order valence-electron chi connectivity index (χ4n) is 2.73. The van der Waals surface area contributed by atoms with Gasteiger partial charge in [0.1, 0.15) is 0 Å². The molecule has 0 aliphatic heterocycles. The molecule has 0 amide bonds. The second-order valence-corrected chi connectivity index (χ2v) is 5.81. The molecule has 1 aromatic rings. The van der Waals surface area contributed by atoms with Crippen molar-refractivity contribution >= 4 is 0 Å². The topological polar surface area (TPSA) is 29.3 Å². The lowest BCUT2D eigenvalue weighted by molar-refractivity contribution is 0.201. The Morgan fingerprint density at radius 1 is 1.33 bits per heavy atom. The van der Waals surface area contributed by atoms with E-state index in [0.717, 1.165) is 18.9 Å². The molecule has 0 radical (unpaired) electrons. The van der Waals surface area contributed by atoms with Gasteiger partial charge in [0.25, 0.3) is 0 Å². The quantitative estimate of drug-likeness (QED) is 0.835. The number of hydrogen-bond donors (Lipinski definition) is 1. The van der Waals surface area contributed by atoms with Crippen LogP contribution in [0.3, 0.4) is 0 Å². The minimum atomic E-state index is 0.176. The van der Waals surface area contributed by atoms with E-state index in [-0.39, 0.29) is 6.04 Å². The highest BCUT2D eigenvalue weighted by Gasteiger charge is 2.19. The van der Waals surface area contributed by atoms with Crippen molar-refractivity contribution in [3.8, 4) is 0 Å². The predicted molar refractivity (Wildman–Crippen MR) is 77.6 cm³/mol. The van der Waals surface area contributed by atoms with Gasteiger partial charge in [-0.15, -0.1) is 0 Å². The summed E-state index contributed by atoms with van der Waals surface area (Å²) in [5.41, 5.74) is 8.91. The van der Waals surface area contributed by atoms with Crippen molar-refractivity contribution in [1.82, 2.24) is 4.90 Å². The summed E-state index contributed by atoms with van der Waals surface area (Å²) in [4.78, 5) is 2.45. The highest BCUT2D eigenvalue weighted by molar-refractivity contribution is 5.28. The highest BCUT2D eigenvalue weighted by atomic mass is 15.1. The normalized spacial score (nSPS) is 17.8. The maximum Gasteiger partial charge on any atom is 0.0309 e. The van der Waals surface area contributed by atoms with E-state index in [1.165, 1.54) is 36.9 Å². The van der Waals surface area contributed by atoms with E-state index in [0.29, 0.717) is 0 Å². The van der Waals surface area contributed by atoms with Crippen molar-refractivity contribution in [2.75, 3.05) is 20.1 Å². The largest absolute Gasteiger partial charge is 0.324 e. The van der Waals surface area contributed by atoms with Gasteiger partial charge in [-0.1, -0.05) is 30.7 Å². The molecule has 1 aliphatic rings. The van der Waals surface area contributed by atoms with Crippen LogP contribution in [0, 0.1) is 12.8 Å². The van der Waals surface area contributed by atoms with Crippen LogP contribution in [0.1, 0.15) is 42.9 Å². The van der Waals surface area contributed by atoms with Gasteiger partial charge in [-0.2, -0.15) is 0 Å². The Hall–Kier alpha value is -0.860. The van der Waals surface area contributed by atoms with Crippen molar-refractivity contribution < 1.29 is 0 Å². The summed E-state index contributed by atoms with van der Waals surface area (Å²) < 4.78 is 0. The summed E-state index contributed by atoms with van der Waals surface area (Å²) in [6.45, 7) is 4.50. The fourth-order valence-corrected chi connectivity index (χ4v) is 2.73. The lowest BCUT2D eigenvalue weighted by Gasteiger charge is -2.30. The zero-order valence-electron chi connectivity index (χ0n) is 11.7. The Morgan fingerprint density at radius 3 is 2.67 bits per heavy atom. The first-order valence-electron chi connectivity index (χ1n) is 7.16. The van der Waals surface area contributed by atoms with Crippen molar-refractivity contribution in [2.45, 2.75) is 38.6 Å². The van der Waals surface area contributed by atoms with Crippen LogP contribution >= 0.6 is 0 Å². The molecule has 0 spiro atoms. The van der Waals surface area contributed by atoms with Gasteiger partial charge in [0, 0.05) is 12.6 Å². The molecule has 1 unspecified atom stereocenters. The molecule has 0 saturated heterocycles. The molecule has 1 atom stereocenters. The highest BCUT2D eigenvalue weighted by Crippen LogP contribution is 2.27. The Kier molecular flexibility index (Phi) is 4.79. The number of aryl methyl sites for hydroxylation is 1. The summed E-state index contributed by atoms with van der Waals surface area (Å²) in [5.74, 6) is 0.949. The predicted octanol–water partition coefficient (Wildman–Crippen LogP) is 3.12. The summed E-state index contributed by atoms with van der Waals surface area (Å²) in [5, 5.41) is 0. The van der Waals surface area contributed by atoms with Crippen LogP contribution in [-0.4, -0.2) is 25.0 Å². The summed E-state index contributed by atoms with van der Waals surface area (Å²) in [6.07, 6.45) is 5.33. The molecule has 1 saturated carbocycles. The second kappa shape index (κ2) is 6.35. The third-order valence-corrected chi connectivity index (χ3v) is 4.20. The maximum atomic E-state index is 6.29. The number of hydrogen-bond acceptors (Lipinski definition) is 2. The molecule has 100 valence electrons. The fraction of sp³-hybridized carbons (Fsp3) is 0.625. The van der Waals surface area contributed by atoms with Gasteiger partial charge in [0.2, 0.25) is 0 Å². The summed E-state index contributed by atoms with van der Waals surface area (Å²) in [7, 11) is 2.23. The molecule has 2 heteroatoms. The first-order valence-corrected chi connectivity index (χ1v) is 7.16. The number of nitrogens with zero attached hydrogens (tertiary/aromatic N) is 1. The molecule has 1 aliphatic carbocycles. The maximum absolute atomic E-state index is 6.29. The summed E-state index contributed by atoms with van der Waals surface area (Å²) >= 11 is 0. The van der Waals surface area contributed by atoms with Crippen LogP contribution in [0.25, 0.3) is 0 Å². The van der Waals surface area contributed by atoms with Gasteiger partial charge < -0.3 is 10.6 Å². The zero-order chi connectivity index (χ0) is 13.0. The van der Waals surface area contributed by atoms with Gasteiger partial charge in [-0.05, 0) is 56.8 Å². The Morgan fingerprint density at radius 2 is 2.06 bits per heavy atom. The Balaban J connectivity index is 1.77. The van der Waals surface area contributed by atoms with E-state index in [1.807, 2.05) is 0 Å². The Labute approximate surface area is 111 Å². The van der Waals surface area contributed by atoms with Gasteiger partial charge in [0.05, 0.1) is 0 Å². The van der Waals surface area contributed by atoms with Gasteiger partial charge in [0.15, 0.2) is 0 Å². The second-order valence-electron chi connectivity index (χ2n) is 5.81. The average molecular weight is 246 g/mol. The molecular formula is C16H26N2. The smallest absolute Gasteiger partial charge is 0.0309 e. The molecule has 2 nitrogen and oxygen atoms in total. The zero-order valence-corrected chi connectivity index (χ0v) is 11.7. The minimum Gasteiger partial charge on any atom is -0.324 e. The lowest BCUT2D eigenvalue weighted by atomic mass is 9.85. The van der Waals surface area contributed by atoms with E-state index in [1.54, 1.807) is 0 Å². The van der Waals surface area contributed by atoms with E-state index in [4.69, 9.17) is 5.73 Å². The van der Waals surface area contributed by atoms with E-state index in [2.05, 4.69) is 43.1 Å². The van der Waals surface area contributed by atoms with Crippen LogP contribution in [0.15, 0.2) is 24.3 Å². The number of nitrogens with two attached hydrogens (primary N) is 1. The van der Waals surface area contributed by atoms with Gasteiger partial charge >= 0.3 is 0 Å². The van der Waals surface area contributed by atoms with Crippen molar-refractivity contribution in [2.24, 2.45) is 11.7 Å². The van der Waals surface area contributed by atoms with E-state index in [9.17, 15) is 0 Å². The van der Waals surface area contributed by atoms with Gasteiger partial charge in [-0.25, -0.2) is 0 Å². The molecule has 0 bridgehead atoms. The van der Waals surface area contributed by atoms with Crippen LogP contribution in [-0.2, 0) is 0 Å². The SMILES string of the molecule is Cc1ccccc1C(N)CCN(C)CC1CCC1. The average Bonchev–Trinajstić information content (AvgIpc) is 2.31. The van der Waals surface area contributed by atoms with E-state index < -0.39 is 0 Å². The first-order chi connectivity index (χ1) is 8.66. The van der Waals surface area contributed by atoms with Crippen LogP contribution in [0.5, 0.6) is 0 Å². The molecule has 0 aromatic heterocycles. The number of rotatable bonds is 6. The molecule has 2 N–H and O–H groups in total. The molecular weight excluding hydrogens is 220 g/mol. The minimum absolute atomic E-state index is 0.176. The third-order valence-electron chi connectivity index (χ3n) is 4.20. The summed E-state index contributed by atoms with van der Waals surface area (Å²) in [6, 6.07) is 8.64. The van der Waals surface area contributed by atoms with Crippen molar-refractivity contribution in [3.05, 3.63) is 35.4 Å². The molecule has 0 heterocycles. The van der Waals surface area contributed by atoms with E-state index >= 15 is 0 Å². The molecule has 1 fully saturated rings. The molecule has 18 heavy (non-hydrogen) atoms. The van der Waals surface area contributed by atoms with Crippen LogP contribution in [0.2, 0.25) is 0 Å². The molecule has 1 aromatic carbocycles. The van der Waals surface area contributed by atoms with Gasteiger partial charge in [-0.3, -0.25) is 0 Å². The van der Waals surface area contributed by atoms with Crippen LogP contribution < -0.4 is 5.73 Å². The van der Waals surface area contributed by atoms with Crippen LogP contribution in [0.4, 0.5) is 0 Å². The third kappa shape index (κ3) is 3.56. The number of benzene rings is 1. The van der Waals surface area contributed by atoms with Crippen molar-refractivity contribution in [1.29, 1.82) is 0 Å². The molecule has 2 rings (SSSR count). The lowest BCUT2D eigenvalue weighted by Crippen LogP contribution is -2.31. The Bertz CT molecular complexity index is 371. The van der Waals surface area contributed by atoms with Crippen molar-refractivity contribution in [3.63, 3.8) is 0 Å².